The fourth-order valence-corrected chi connectivity index (χ4v) is 5.21. The van der Waals surface area contributed by atoms with Crippen LogP contribution in [0.1, 0.15) is 22.8 Å². The van der Waals surface area contributed by atoms with Crippen LogP contribution in [0.2, 0.25) is 0 Å². The first-order valence-corrected chi connectivity index (χ1v) is 9.97. The van der Waals surface area contributed by atoms with Gasteiger partial charge in [0.05, 0.1) is 23.7 Å². The molecule has 148 valence electrons. The number of amides is 1. The highest BCUT2D eigenvalue weighted by Crippen LogP contribution is 2.53. The van der Waals surface area contributed by atoms with Crippen LogP contribution in [0.5, 0.6) is 0 Å². The maximum absolute atomic E-state index is 12.7. The number of pyridine rings is 1. The smallest absolute Gasteiger partial charge is 0.236 e. The molecule has 2 aromatic rings. The molecule has 3 heterocycles. The molecule has 1 N–H and O–H groups in total. The maximum atomic E-state index is 12.7. The van der Waals surface area contributed by atoms with Crippen LogP contribution in [0, 0.1) is 5.92 Å². The van der Waals surface area contributed by atoms with Crippen molar-refractivity contribution in [1.29, 1.82) is 0 Å². The van der Waals surface area contributed by atoms with Crippen molar-refractivity contribution in [1.82, 2.24) is 4.90 Å². The molecule has 7 nitrogen and oxygen atoms in total. The number of rotatable bonds is 6. The number of benzene rings is 1. The lowest BCUT2D eigenvalue weighted by atomic mass is 9.92. The predicted octanol–water partition coefficient (Wildman–Crippen LogP) is 0.188. The zero-order valence-corrected chi connectivity index (χ0v) is 16.3. The second kappa shape index (κ2) is 7.46. The summed E-state index contributed by atoms with van der Waals surface area (Å²) in [6.45, 7) is 1.67. The van der Waals surface area contributed by atoms with Gasteiger partial charge >= 0.3 is 0 Å². The molecule has 0 radical (unpaired) electrons. The first-order valence-electron chi connectivity index (χ1n) is 9.09. The second-order valence-corrected chi connectivity index (χ2v) is 8.13. The molecule has 8 heteroatoms. The number of Topliss-reactive ketones (excluding diaryl/α,β-unsaturated/α-hetero) is 1. The van der Waals surface area contributed by atoms with Gasteiger partial charge in [0.2, 0.25) is 18.2 Å². The van der Waals surface area contributed by atoms with Crippen molar-refractivity contribution in [2.45, 2.75) is 24.9 Å². The molecule has 1 fully saturated rings. The van der Waals surface area contributed by atoms with Crippen molar-refractivity contribution >= 4 is 34.3 Å². The molecule has 0 saturated carbocycles. The molecule has 0 spiro atoms. The van der Waals surface area contributed by atoms with Gasteiger partial charge in [-0.1, -0.05) is 36.0 Å². The van der Waals surface area contributed by atoms with Gasteiger partial charge in [-0.3, -0.25) is 14.5 Å². The Kier molecular flexibility index (Phi) is 4.97. The normalized spacial score (nSPS) is 21.6. The van der Waals surface area contributed by atoms with E-state index in [0.29, 0.717) is 16.0 Å². The summed E-state index contributed by atoms with van der Waals surface area (Å²) in [5, 5.41) is 21.1. The summed E-state index contributed by atoms with van der Waals surface area (Å²) in [6.07, 6.45) is 2.70. The molecule has 1 amide bonds. The third kappa shape index (κ3) is 3.34. The van der Waals surface area contributed by atoms with Gasteiger partial charge in [0.15, 0.2) is 12.4 Å². The Bertz CT molecular complexity index is 1030. The van der Waals surface area contributed by atoms with E-state index >= 15 is 0 Å². The average molecular weight is 410 g/mol. The summed E-state index contributed by atoms with van der Waals surface area (Å²) >= 11 is 1.20. The van der Waals surface area contributed by atoms with E-state index in [2.05, 4.69) is 0 Å². The number of aliphatic carboxylic acids is 1. The highest BCUT2D eigenvalue weighted by molar-refractivity contribution is 8.09. The van der Waals surface area contributed by atoms with Gasteiger partial charge in [0.1, 0.15) is 5.37 Å². The van der Waals surface area contributed by atoms with E-state index in [1.807, 2.05) is 18.2 Å². The summed E-state index contributed by atoms with van der Waals surface area (Å²) in [7, 11) is 0. The lowest BCUT2D eigenvalue weighted by Gasteiger charge is -2.44. The number of carboxylic acid groups (broad SMARTS) is 1. The molecule has 0 unspecified atom stereocenters. The molecule has 1 aromatic carbocycles. The Labute approximate surface area is 171 Å². The van der Waals surface area contributed by atoms with Gasteiger partial charge in [-0.2, -0.15) is 4.57 Å². The fourth-order valence-electron chi connectivity index (χ4n) is 3.61. The van der Waals surface area contributed by atoms with Gasteiger partial charge in [0, 0.05) is 22.6 Å². The van der Waals surface area contributed by atoms with E-state index < -0.39 is 29.3 Å². The number of hydrogen-bond acceptors (Lipinski definition) is 6. The van der Waals surface area contributed by atoms with Crippen molar-refractivity contribution < 1.29 is 29.2 Å². The van der Waals surface area contributed by atoms with E-state index in [9.17, 15) is 24.6 Å². The lowest BCUT2D eigenvalue weighted by Crippen LogP contribution is -2.61. The third-order valence-electron chi connectivity index (χ3n) is 5.04. The molecule has 2 aliphatic heterocycles. The number of hydrogen-bond donors (Lipinski definition) is 1. The zero-order chi connectivity index (χ0) is 20.7. The van der Waals surface area contributed by atoms with E-state index in [1.54, 1.807) is 41.2 Å². The number of carbonyl (C=O) groups is 3. The van der Waals surface area contributed by atoms with E-state index in [-0.39, 0.29) is 18.0 Å². The summed E-state index contributed by atoms with van der Waals surface area (Å²) in [5.74, 6) is -2.67. The second-order valence-electron chi connectivity index (χ2n) is 7.00. The minimum absolute atomic E-state index is 0.122. The van der Waals surface area contributed by atoms with E-state index in [4.69, 9.17) is 0 Å². The van der Waals surface area contributed by atoms with Crippen molar-refractivity contribution in [2.75, 3.05) is 0 Å². The average Bonchev–Trinajstić information content (AvgIpc) is 3.04. The zero-order valence-electron chi connectivity index (χ0n) is 15.5. The molecule has 2 aliphatic rings. The van der Waals surface area contributed by atoms with Gasteiger partial charge < -0.3 is 15.0 Å². The molecule has 1 saturated heterocycles. The van der Waals surface area contributed by atoms with Crippen molar-refractivity contribution in [3.63, 3.8) is 0 Å². The number of aliphatic hydroxyl groups excluding tert-OH is 1. The topological polar surface area (TPSA) is 102 Å². The van der Waals surface area contributed by atoms with Crippen LogP contribution < -0.4 is 9.67 Å². The number of β-lactam (4-membered cyclic amide) rings is 1. The van der Waals surface area contributed by atoms with Gasteiger partial charge in [-0.05, 0) is 18.6 Å². The Morgan fingerprint density at radius 2 is 1.97 bits per heavy atom. The number of ketones is 1. The van der Waals surface area contributed by atoms with Gasteiger partial charge in [-0.15, -0.1) is 0 Å². The molecule has 29 heavy (non-hydrogen) atoms. The van der Waals surface area contributed by atoms with Crippen LogP contribution in [0.4, 0.5) is 0 Å². The monoisotopic (exact) mass is 410 g/mol. The molecular weight excluding hydrogens is 392 g/mol. The highest BCUT2D eigenvalue weighted by atomic mass is 32.2. The van der Waals surface area contributed by atoms with Gasteiger partial charge in [-0.25, -0.2) is 0 Å². The minimum atomic E-state index is -1.45. The first-order chi connectivity index (χ1) is 13.9. The SMILES string of the molecule is C[C@@H](O)[C@H]1C(=O)N2C(C(=O)[O-])=C(c3cccc(C(=O)C[n+]4ccccc4)c3)S[C@H]12. The quantitative estimate of drug-likeness (QED) is 0.414. The molecule has 1 aromatic heterocycles. The molecular formula is C21H18N2O5S. The Hall–Kier alpha value is -2.97. The predicted molar refractivity (Wildman–Crippen MR) is 103 cm³/mol. The number of nitrogens with zero attached hydrogens (tertiary/aromatic N) is 2. The molecule has 3 atom stereocenters. The first kappa shape index (κ1) is 19.4. The van der Waals surface area contributed by atoms with Crippen LogP contribution >= 0.6 is 11.8 Å². The number of thioether (sulfide) groups is 1. The van der Waals surface area contributed by atoms with Crippen molar-refractivity contribution in [2.24, 2.45) is 5.92 Å². The number of aliphatic hydroxyl groups is 1. The van der Waals surface area contributed by atoms with Gasteiger partial charge in [0.25, 0.3) is 0 Å². The molecule has 0 bridgehead atoms. The van der Waals surface area contributed by atoms with Crippen LogP contribution in [0.25, 0.3) is 4.91 Å². The molecule has 0 aliphatic carbocycles. The highest BCUT2D eigenvalue weighted by Gasteiger charge is 2.56. The standard InChI is InChI=1S/C21H18N2O5S/c1-12(24)16-19(26)23-17(21(27)28)18(29-20(16)23)14-7-5-6-13(10-14)15(25)11-22-8-3-2-4-9-22/h2-10,12,16,20,24H,11H2,1H3/t12-,16+,20-/m1/s1. The van der Waals surface area contributed by atoms with Crippen LogP contribution in [0.3, 0.4) is 0 Å². The summed E-state index contributed by atoms with van der Waals surface area (Å²) in [4.78, 5) is 38.3. The Morgan fingerprint density at radius 1 is 1.24 bits per heavy atom. The van der Waals surface area contributed by atoms with E-state index in [0.717, 1.165) is 0 Å². The number of carbonyl (C=O) groups excluding carboxylic acids is 3. The number of carboxylic acids is 1. The Morgan fingerprint density at radius 3 is 2.62 bits per heavy atom. The Balaban J connectivity index is 1.65. The third-order valence-corrected chi connectivity index (χ3v) is 6.45. The van der Waals surface area contributed by atoms with Crippen LogP contribution in [-0.4, -0.2) is 39.1 Å². The van der Waals surface area contributed by atoms with Crippen molar-refractivity contribution in [3.05, 3.63) is 71.7 Å². The molecule has 4 rings (SSSR count). The number of fused-ring (bicyclic) bond motifs is 1. The van der Waals surface area contributed by atoms with Crippen LogP contribution in [0.15, 0.2) is 60.6 Å². The van der Waals surface area contributed by atoms with E-state index in [1.165, 1.54) is 23.6 Å². The fraction of sp³-hybridized carbons (Fsp3) is 0.238. The maximum Gasteiger partial charge on any atom is 0.236 e. The largest absolute Gasteiger partial charge is 0.543 e. The van der Waals surface area contributed by atoms with Crippen molar-refractivity contribution in [3.8, 4) is 0 Å². The van der Waals surface area contributed by atoms with Crippen LogP contribution in [-0.2, 0) is 16.1 Å². The summed E-state index contributed by atoms with van der Waals surface area (Å²) in [5.41, 5.74) is 0.769. The number of aromatic nitrogens is 1. The summed E-state index contributed by atoms with van der Waals surface area (Å²) < 4.78 is 1.75. The summed E-state index contributed by atoms with van der Waals surface area (Å²) in [6, 6.07) is 12.2. The lowest BCUT2D eigenvalue weighted by molar-refractivity contribution is -0.683. The minimum Gasteiger partial charge on any atom is -0.543 e.